The Morgan fingerprint density at radius 2 is 2.47 bits per heavy atom. The minimum Gasteiger partial charge on any atom is -0.374 e. The number of ether oxygens (including phenoxy) is 1. The molecule has 1 saturated heterocycles. The van der Waals surface area contributed by atoms with E-state index in [1.165, 1.54) is 12.0 Å². The molecular formula is C13H23N3O. The number of aromatic nitrogens is 2. The van der Waals surface area contributed by atoms with Gasteiger partial charge in [0.1, 0.15) is 0 Å². The lowest BCUT2D eigenvalue weighted by Gasteiger charge is -2.33. The molecule has 1 N–H and O–H groups in total. The van der Waals surface area contributed by atoms with Crippen molar-refractivity contribution in [3.63, 3.8) is 0 Å². The highest BCUT2D eigenvalue weighted by Gasteiger charge is 2.37. The summed E-state index contributed by atoms with van der Waals surface area (Å²) in [6.07, 6.45) is 7.33. The molecule has 0 amide bonds. The second kappa shape index (κ2) is 5.19. The Bertz CT molecular complexity index is 355. The Balaban J connectivity index is 2.06. The number of nitrogens with one attached hydrogen (secondary N) is 1. The van der Waals surface area contributed by atoms with Crippen LogP contribution in [0.1, 0.15) is 32.3 Å². The zero-order valence-corrected chi connectivity index (χ0v) is 11.1. The maximum absolute atomic E-state index is 5.94. The summed E-state index contributed by atoms with van der Waals surface area (Å²) in [7, 11) is 1.96. The predicted molar refractivity (Wildman–Crippen MR) is 68.0 cm³/mol. The second-order valence-corrected chi connectivity index (χ2v) is 5.10. The first-order valence-corrected chi connectivity index (χ1v) is 6.49. The van der Waals surface area contributed by atoms with Crippen LogP contribution >= 0.6 is 0 Å². The molecule has 2 unspecified atom stereocenters. The fourth-order valence-electron chi connectivity index (χ4n) is 2.64. The van der Waals surface area contributed by atoms with Gasteiger partial charge in [-0.15, -0.1) is 0 Å². The summed E-state index contributed by atoms with van der Waals surface area (Å²) in [6.45, 7) is 6.24. The normalized spacial score (nSPS) is 26.3. The van der Waals surface area contributed by atoms with E-state index in [-0.39, 0.29) is 5.60 Å². The van der Waals surface area contributed by atoms with Gasteiger partial charge in [0.15, 0.2) is 0 Å². The fourth-order valence-corrected chi connectivity index (χ4v) is 2.64. The third-order valence-corrected chi connectivity index (χ3v) is 3.64. The number of nitrogens with zero attached hydrogens (tertiary/aromatic N) is 2. The molecule has 17 heavy (non-hydrogen) atoms. The van der Waals surface area contributed by atoms with Crippen LogP contribution in [0.15, 0.2) is 12.4 Å². The molecule has 2 heterocycles. The first-order chi connectivity index (χ1) is 8.14. The standard InChI is InChI=1S/C13H23N3O/c1-4-14-12(13(2)6-5-7-17-13)8-11-9-15-16(3)10-11/h9-10,12,14H,4-8H2,1-3H3. The zero-order valence-electron chi connectivity index (χ0n) is 11.1. The summed E-state index contributed by atoms with van der Waals surface area (Å²) in [5, 5.41) is 7.79. The Labute approximate surface area is 103 Å². The van der Waals surface area contributed by atoms with Gasteiger partial charge in [0.05, 0.1) is 11.8 Å². The van der Waals surface area contributed by atoms with Crippen LogP contribution in [0.25, 0.3) is 0 Å². The molecule has 0 bridgehead atoms. The molecular weight excluding hydrogens is 214 g/mol. The van der Waals surface area contributed by atoms with Crippen LogP contribution in [0.5, 0.6) is 0 Å². The molecule has 1 fully saturated rings. The average Bonchev–Trinajstić information content (AvgIpc) is 2.88. The number of hydrogen-bond acceptors (Lipinski definition) is 3. The number of rotatable bonds is 5. The average molecular weight is 237 g/mol. The molecule has 96 valence electrons. The third-order valence-electron chi connectivity index (χ3n) is 3.64. The first kappa shape index (κ1) is 12.6. The molecule has 2 rings (SSSR count). The maximum atomic E-state index is 5.94. The lowest BCUT2D eigenvalue weighted by atomic mass is 9.89. The van der Waals surface area contributed by atoms with Crippen LogP contribution in [0.4, 0.5) is 0 Å². The van der Waals surface area contributed by atoms with Gasteiger partial charge in [-0.25, -0.2) is 0 Å². The fraction of sp³-hybridized carbons (Fsp3) is 0.769. The zero-order chi connectivity index (χ0) is 12.3. The molecule has 1 aromatic rings. The van der Waals surface area contributed by atoms with E-state index in [9.17, 15) is 0 Å². The molecule has 0 radical (unpaired) electrons. The van der Waals surface area contributed by atoms with Crippen LogP contribution in [0.3, 0.4) is 0 Å². The Morgan fingerprint density at radius 3 is 3.00 bits per heavy atom. The van der Waals surface area contributed by atoms with Crippen LogP contribution in [-0.2, 0) is 18.2 Å². The van der Waals surface area contributed by atoms with E-state index in [1.54, 1.807) is 0 Å². The lowest BCUT2D eigenvalue weighted by molar-refractivity contribution is -0.0110. The van der Waals surface area contributed by atoms with Crippen molar-refractivity contribution in [3.05, 3.63) is 18.0 Å². The summed E-state index contributed by atoms with van der Waals surface area (Å²) in [5.74, 6) is 0. The van der Waals surface area contributed by atoms with E-state index in [2.05, 4.69) is 30.5 Å². The third kappa shape index (κ3) is 2.87. The van der Waals surface area contributed by atoms with Crippen molar-refractivity contribution in [3.8, 4) is 0 Å². The van der Waals surface area contributed by atoms with Crippen LogP contribution in [-0.4, -0.2) is 34.6 Å². The van der Waals surface area contributed by atoms with Crippen LogP contribution in [0.2, 0.25) is 0 Å². The smallest absolute Gasteiger partial charge is 0.0810 e. The summed E-state index contributed by atoms with van der Waals surface area (Å²) in [4.78, 5) is 0. The second-order valence-electron chi connectivity index (χ2n) is 5.10. The molecule has 1 aromatic heterocycles. The minimum absolute atomic E-state index is 0.0220. The van der Waals surface area contributed by atoms with Crippen LogP contribution in [0, 0.1) is 0 Å². The van der Waals surface area contributed by atoms with Gasteiger partial charge in [0, 0.05) is 25.9 Å². The van der Waals surface area contributed by atoms with Crippen molar-refractivity contribution in [1.29, 1.82) is 0 Å². The molecule has 1 aliphatic heterocycles. The summed E-state index contributed by atoms with van der Waals surface area (Å²) < 4.78 is 7.80. The highest BCUT2D eigenvalue weighted by Crippen LogP contribution is 2.30. The van der Waals surface area contributed by atoms with Crippen molar-refractivity contribution in [1.82, 2.24) is 15.1 Å². The van der Waals surface area contributed by atoms with Gasteiger partial charge in [-0.1, -0.05) is 6.92 Å². The molecule has 0 saturated carbocycles. The number of likely N-dealkylation sites (N-methyl/N-ethyl adjacent to an activating group) is 1. The van der Waals surface area contributed by atoms with Gasteiger partial charge >= 0.3 is 0 Å². The van der Waals surface area contributed by atoms with E-state index >= 15 is 0 Å². The largest absolute Gasteiger partial charge is 0.374 e. The minimum atomic E-state index is -0.0220. The van der Waals surface area contributed by atoms with Gasteiger partial charge in [-0.3, -0.25) is 4.68 Å². The van der Waals surface area contributed by atoms with Gasteiger partial charge in [-0.2, -0.15) is 5.10 Å². The Morgan fingerprint density at radius 1 is 1.65 bits per heavy atom. The van der Waals surface area contributed by atoms with E-state index in [4.69, 9.17) is 4.74 Å². The molecule has 4 heteroatoms. The van der Waals surface area contributed by atoms with E-state index in [0.717, 1.165) is 26.0 Å². The topological polar surface area (TPSA) is 39.1 Å². The van der Waals surface area contributed by atoms with E-state index < -0.39 is 0 Å². The van der Waals surface area contributed by atoms with Crippen LogP contribution < -0.4 is 5.32 Å². The van der Waals surface area contributed by atoms with Crippen molar-refractivity contribution >= 4 is 0 Å². The van der Waals surface area contributed by atoms with Crippen molar-refractivity contribution in [2.24, 2.45) is 7.05 Å². The Kier molecular flexibility index (Phi) is 3.84. The number of aryl methyl sites for hydroxylation is 1. The summed E-state index contributed by atoms with van der Waals surface area (Å²) in [5.41, 5.74) is 1.25. The maximum Gasteiger partial charge on any atom is 0.0810 e. The van der Waals surface area contributed by atoms with E-state index in [0.29, 0.717) is 6.04 Å². The Hall–Kier alpha value is -0.870. The van der Waals surface area contributed by atoms with Crippen molar-refractivity contribution < 1.29 is 4.74 Å². The number of hydrogen-bond donors (Lipinski definition) is 1. The SMILES string of the molecule is CCNC(Cc1cnn(C)c1)C1(C)CCCO1. The highest BCUT2D eigenvalue weighted by atomic mass is 16.5. The lowest BCUT2D eigenvalue weighted by Crippen LogP contribution is -2.49. The molecule has 0 aromatic carbocycles. The summed E-state index contributed by atoms with van der Waals surface area (Å²) in [6, 6.07) is 0.374. The summed E-state index contributed by atoms with van der Waals surface area (Å²) >= 11 is 0. The van der Waals surface area contributed by atoms with Crippen molar-refractivity contribution in [2.75, 3.05) is 13.2 Å². The van der Waals surface area contributed by atoms with Crippen molar-refractivity contribution in [2.45, 2.75) is 44.8 Å². The molecule has 0 aliphatic carbocycles. The molecule has 1 aliphatic rings. The predicted octanol–water partition coefficient (Wildman–Crippen LogP) is 1.51. The molecule has 4 nitrogen and oxygen atoms in total. The monoisotopic (exact) mass is 237 g/mol. The van der Waals surface area contributed by atoms with E-state index in [1.807, 2.05) is 17.9 Å². The van der Waals surface area contributed by atoms with Gasteiger partial charge < -0.3 is 10.1 Å². The quantitative estimate of drug-likeness (QED) is 0.843. The van der Waals surface area contributed by atoms with Gasteiger partial charge in [0.2, 0.25) is 0 Å². The molecule has 0 spiro atoms. The van der Waals surface area contributed by atoms with Gasteiger partial charge in [0.25, 0.3) is 0 Å². The highest BCUT2D eigenvalue weighted by molar-refractivity contribution is 5.09. The van der Waals surface area contributed by atoms with Gasteiger partial charge in [-0.05, 0) is 38.3 Å². The first-order valence-electron chi connectivity index (χ1n) is 6.49. The molecule has 2 atom stereocenters.